The van der Waals surface area contributed by atoms with Gasteiger partial charge in [-0.2, -0.15) is 0 Å². The van der Waals surface area contributed by atoms with Crippen molar-refractivity contribution in [3.63, 3.8) is 0 Å². The first kappa shape index (κ1) is 9.86. The lowest BCUT2D eigenvalue weighted by atomic mass is 10.4. The molecule has 0 aliphatic rings. The smallest absolute Gasteiger partial charge is 0.0965 e. The topological polar surface area (TPSA) is 25.2 Å². The Kier molecular flexibility index (Phi) is 4.12. The molecule has 0 aromatic carbocycles. The summed E-state index contributed by atoms with van der Waals surface area (Å²) in [5, 5.41) is 1.15. The lowest BCUT2D eigenvalue weighted by Gasteiger charge is -1.83. The highest BCUT2D eigenvalue weighted by molar-refractivity contribution is 7.11. The Morgan fingerprint density at radius 1 is 1.62 bits per heavy atom. The molecular weight excluding hydrogens is 180 g/mol. The van der Waals surface area contributed by atoms with Crippen molar-refractivity contribution in [1.82, 2.24) is 4.98 Å². The second kappa shape index (κ2) is 5.43. The Hall–Kier alpha value is -1.22. The van der Waals surface area contributed by atoms with E-state index in [9.17, 15) is 0 Å². The molecule has 1 aromatic heterocycles. The molecule has 0 bridgehead atoms. The maximum absolute atomic E-state index is 4.24. The zero-order chi connectivity index (χ0) is 9.52. The van der Waals surface area contributed by atoms with Crippen LogP contribution in [0.2, 0.25) is 0 Å². The molecule has 1 heterocycles. The van der Waals surface area contributed by atoms with Crippen LogP contribution in [0.15, 0.2) is 35.6 Å². The largest absolute Gasteiger partial charge is 0.273 e. The minimum Gasteiger partial charge on any atom is -0.273 e. The van der Waals surface area contributed by atoms with Crippen molar-refractivity contribution >= 4 is 18.1 Å². The van der Waals surface area contributed by atoms with E-state index < -0.39 is 0 Å². The Morgan fingerprint density at radius 3 is 3.08 bits per heavy atom. The van der Waals surface area contributed by atoms with Crippen molar-refractivity contribution in [2.45, 2.75) is 13.3 Å². The van der Waals surface area contributed by atoms with Gasteiger partial charge in [0.25, 0.3) is 0 Å². The van der Waals surface area contributed by atoms with Gasteiger partial charge in [-0.05, 0) is 19.7 Å². The van der Waals surface area contributed by atoms with Crippen LogP contribution in [0.3, 0.4) is 0 Å². The van der Waals surface area contributed by atoms with E-state index in [-0.39, 0.29) is 0 Å². The first-order chi connectivity index (χ1) is 6.33. The van der Waals surface area contributed by atoms with E-state index in [1.807, 2.05) is 18.3 Å². The van der Waals surface area contributed by atoms with Gasteiger partial charge in [0.1, 0.15) is 0 Å². The fourth-order valence-electron chi connectivity index (χ4n) is 0.854. The van der Waals surface area contributed by atoms with Gasteiger partial charge in [-0.3, -0.25) is 4.99 Å². The summed E-state index contributed by atoms with van der Waals surface area (Å²) in [6.07, 6.45) is 10.3. The lowest BCUT2D eigenvalue weighted by Crippen LogP contribution is -1.74. The summed E-state index contributed by atoms with van der Waals surface area (Å²) in [6.45, 7) is 5.40. The molecule has 0 unspecified atom stereocenters. The number of nitrogens with zero attached hydrogens (tertiary/aromatic N) is 2. The average molecular weight is 192 g/mol. The van der Waals surface area contributed by atoms with Gasteiger partial charge in [-0.1, -0.05) is 12.2 Å². The van der Waals surface area contributed by atoms with E-state index in [4.69, 9.17) is 0 Å². The van der Waals surface area contributed by atoms with E-state index in [2.05, 4.69) is 29.7 Å². The zero-order valence-corrected chi connectivity index (χ0v) is 8.42. The van der Waals surface area contributed by atoms with Crippen molar-refractivity contribution in [2.24, 2.45) is 4.99 Å². The number of aromatic nitrogens is 1. The van der Waals surface area contributed by atoms with Crippen molar-refractivity contribution < 1.29 is 0 Å². The molecule has 0 atom stereocenters. The predicted octanol–water partition coefficient (Wildman–Crippen LogP) is 2.76. The van der Waals surface area contributed by atoms with Gasteiger partial charge in [-0.15, -0.1) is 11.3 Å². The van der Waals surface area contributed by atoms with Crippen LogP contribution in [0, 0.1) is 6.92 Å². The van der Waals surface area contributed by atoms with Crippen LogP contribution in [0.1, 0.15) is 9.88 Å². The third kappa shape index (κ3) is 3.80. The molecule has 0 saturated heterocycles. The fraction of sp³-hybridized carbons (Fsp3) is 0.200. The maximum Gasteiger partial charge on any atom is 0.0965 e. The third-order valence-electron chi connectivity index (χ3n) is 1.40. The normalized spacial score (nSPS) is 11.5. The molecule has 0 saturated carbocycles. The Morgan fingerprint density at radius 2 is 2.46 bits per heavy atom. The van der Waals surface area contributed by atoms with Crippen LogP contribution >= 0.6 is 11.3 Å². The molecule has 0 spiro atoms. The molecule has 68 valence electrons. The number of aliphatic imine (C=N–C) groups is 1. The van der Waals surface area contributed by atoms with E-state index in [0.29, 0.717) is 0 Å². The minimum atomic E-state index is 0.889. The monoisotopic (exact) mass is 192 g/mol. The van der Waals surface area contributed by atoms with Crippen molar-refractivity contribution in [3.05, 3.63) is 40.5 Å². The first-order valence-electron chi connectivity index (χ1n) is 4.01. The second-order valence-electron chi connectivity index (χ2n) is 2.52. The van der Waals surface area contributed by atoms with Gasteiger partial charge < -0.3 is 0 Å². The molecule has 0 N–H and O–H groups in total. The molecule has 0 amide bonds. The molecule has 2 nitrogen and oxygen atoms in total. The van der Waals surface area contributed by atoms with Crippen LogP contribution < -0.4 is 0 Å². The molecule has 1 rings (SSSR count). The molecule has 13 heavy (non-hydrogen) atoms. The molecule has 0 aliphatic carbocycles. The predicted molar refractivity (Wildman–Crippen MR) is 58.4 cm³/mol. The van der Waals surface area contributed by atoms with E-state index in [1.54, 1.807) is 17.5 Å². The van der Waals surface area contributed by atoms with Gasteiger partial charge in [0.05, 0.1) is 5.01 Å². The Bertz CT molecular complexity index is 323. The van der Waals surface area contributed by atoms with Crippen molar-refractivity contribution in [2.75, 3.05) is 0 Å². The number of hydrogen-bond donors (Lipinski definition) is 0. The molecule has 0 fully saturated rings. The number of rotatable bonds is 4. The summed E-state index contributed by atoms with van der Waals surface area (Å²) >= 11 is 1.73. The summed E-state index contributed by atoms with van der Waals surface area (Å²) in [5.41, 5.74) is 0. The first-order valence-corrected chi connectivity index (χ1v) is 4.83. The van der Waals surface area contributed by atoms with E-state index in [0.717, 1.165) is 11.4 Å². The third-order valence-corrected chi connectivity index (χ3v) is 2.34. The molecule has 0 radical (unpaired) electrons. The number of allylic oxidation sites excluding steroid dienone is 3. The summed E-state index contributed by atoms with van der Waals surface area (Å²) in [5.74, 6) is 0. The van der Waals surface area contributed by atoms with Gasteiger partial charge in [0.15, 0.2) is 0 Å². The van der Waals surface area contributed by atoms with E-state index in [1.165, 1.54) is 4.88 Å². The highest BCUT2D eigenvalue weighted by Gasteiger charge is 1.93. The van der Waals surface area contributed by atoms with E-state index >= 15 is 0 Å². The quantitative estimate of drug-likeness (QED) is 0.532. The molecule has 1 aromatic rings. The Labute approximate surface area is 82.4 Å². The van der Waals surface area contributed by atoms with Crippen LogP contribution in [0.4, 0.5) is 0 Å². The molecular formula is C10H12N2S. The second-order valence-corrected chi connectivity index (χ2v) is 3.84. The minimum absolute atomic E-state index is 0.889. The molecule has 0 aliphatic heterocycles. The van der Waals surface area contributed by atoms with Gasteiger partial charge in [0.2, 0.25) is 0 Å². The SMILES string of the molecule is C=N/C=C\C=C/Cc1ncc(C)s1. The van der Waals surface area contributed by atoms with Crippen LogP contribution in [0.25, 0.3) is 0 Å². The fourth-order valence-corrected chi connectivity index (χ4v) is 1.62. The highest BCUT2D eigenvalue weighted by Crippen LogP contribution is 2.11. The number of hydrogen-bond acceptors (Lipinski definition) is 3. The average Bonchev–Trinajstić information content (AvgIpc) is 2.51. The Balaban J connectivity index is 2.38. The molecule has 3 heteroatoms. The summed E-state index contributed by atoms with van der Waals surface area (Å²) in [7, 11) is 0. The van der Waals surface area contributed by atoms with Crippen molar-refractivity contribution in [3.8, 4) is 0 Å². The zero-order valence-electron chi connectivity index (χ0n) is 7.60. The van der Waals surface area contributed by atoms with Crippen LogP contribution in [-0.4, -0.2) is 11.7 Å². The summed E-state index contributed by atoms with van der Waals surface area (Å²) < 4.78 is 0. The van der Waals surface area contributed by atoms with Crippen LogP contribution in [0.5, 0.6) is 0 Å². The van der Waals surface area contributed by atoms with Crippen molar-refractivity contribution in [1.29, 1.82) is 0 Å². The van der Waals surface area contributed by atoms with Gasteiger partial charge in [-0.25, -0.2) is 4.98 Å². The van der Waals surface area contributed by atoms with Gasteiger partial charge >= 0.3 is 0 Å². The lowest BCUT2D eigenvalue weighted by molar-refractivity contribution is 1.18. The van der Waals surface area contributed by atoms with Gasteiger partial charge in [0, 0.05) is 23.7 Å². The highest BCUT2D eigenvalue weighted by atomic mass is 32.1. The summed E-state index contributed by atoms with van der Waals surface area (Å²) in [6, 6.07) is 0. The van der Waals surface area contributed by atoms with Crippen LogP contribution in [-0.2, 0) is 6.42 Å². The number of thiazole rings is 1. The maximum atomic E-state index is 4.24. The summed E-state index contributed by atoms with van der Waals surface area (Å²) in [4.78, 5) is 9.09. The number of aryl methyl sites for hydroxylation is 1. The standard InChI is InChI=1S/C10H12N2S/c1-9-8-12-10(13-9)6-4-3-5-7-11-2/h3-5,7-8H,2,6H2,1H3/b4-3-,7-5-.